The summed E-state index contributed by atoms with van der Waals surface area (Å²) in [4.78, 5) is 17.5. The van der Waals surface area contributed by atoms with Gasteiger partial charge in [-0.2, -0.15) is 0 Å². The molecule has 0 bridgehead atoms. The van der Waals surface area contributed by atoms with E-state index in [4.69, 9.17) is 17.3 Å². The summed E-state index contributed by atoms with van der Waals surface area (Å²) in [6.45, 7) is 4.21. The lowest BCUT2D eigenvalue weighted by Crippen LogP contribution is -2.23. The first kappa shape index (κ1) is 24.0. The van der Waals surface area contributed by atoms with E-state index < -0.39 is 0 Å². The van der Waals surface area contributed by atoms with E-state index in [1.807, 2.05) is 49.4 Å². The SMILES string of the molecule is CC=C(C(=O)Nc1cc(CC2(C)CCCCC2)ccc1Cl)c1cc(-c2cccnc2)ccc1N. The minimum Gasteiger partial charge on any atom is -0.398 e. The van der Waals surface area contributed by atoms with Crippen molar-refractivity contribution in [2.45, 2.75) is 52.4 Å². The number of allylic oxidation sites excluding steroid dienone is 1. The fraction of sp³-hybridized carbons (Fsp3) is 0.310. The lowest BCUT2D eigenvalue weighted by molar-refractivity contribution is -0.111. The molecule has 1 aliphatic carbocycles. The highest BCUT2D eigenvalue weighted by Gasteiger charge is 2.27. The number of nitrogens with zero attached hydrogens (tertiary/aromatic N) is 1. The highest BCUT2D eigenvalue weighted by Crippen LogP contribution is 2.39. The van der Waals surface area contributed by atoms with Gasteiger partial charge in [0, 0.05) is 34.8 Å². The van der Waals surface area contributed by atoms with E-state index in [0.717, 1.165) is 17.5 Å². The van der Waals surface area contributed by atoms with E-state index >= 15 is 0 Å². The van der Waals surface area contributed by atoms with Crippen molar-refractivity contribution in [1.29, 1.82) is 0 Å². The number of hydrogen-bond acceptors (Lipinski definition) is 3. The Bertz CT molecular complexity index is 1200. The number of hydrogen-bond donors (Lipinski definition) is 2. The summed E-state index contributed by atoms with van der Waals surface area (Å²) in [7, 11) is 0. The molecule has 3 aromatic rings. The molecule has 1 heterocycles. The maximum atomic E-state index is 13.4. The average molecular weight is 474 g/mol. The summed E-state index contributed by atoms with van der Waals surface area (Å²) in [6, 6.07) is 15.5. The molecule has 0 unspecified atom stereocenters. The molecule has 0 spiro atoms. The van der Waals surface area contributed by atoms with Crippen molar-refractivity contribution in [2.24, 2.45) is 5.41 Å². The van der Waals surface area contributed by atoms with E-state index in [9.17, 15) is 4.79 Å². The lowest BCUT2D eigenvalue weighted by atomic mass is 9.72. The molecule has 176 valence electrons. The van der Waals surface area contributed by atoms with Gasteiger partial charge in [0.1, 0.15) is 0 Å². The van der Waals surface area contributed by atoms with Gasteiger partial charge in [-0.3, -0.25) is 9.78 Å². The number of halogens is 1. The van der Waals surface area contributed by atoms with E-state index in [0.29, 0.717) is 32.9 Å². The predicted octanol–water partition coefficient (Wildman–Crippen LogP) is 7.54. The monoisotopic (exact) mass is 473 g/mol. The zero-order chi connectivity index (χ0) is 24.1. The third kappa shape index (κ3) is 5.51. The molecule has 1 fully saturated rings. The molecule has 1 amide bonds. The Morgan fingerprint density at radius 3 is 2.62 bits per heavy atom. The smallest absolute Gasteiger partial charge is 0.256 e. The van der Waals surface area contributed by atoms with Crippen molar-refractivity contribution in [3.63, 3.8) is 0 Å². The number of benzene rings is 2. The molecule has 34 heavy (non-hydrogen) atoms. The summed E-state index contributed by atoms with van der Waals surface area (Å²) in [5.74, 6) is -0.236. The molecule has 4 nitrogen and oxygen atoms in total. The summed E-state index contributed by atoms with van der Waals surface area (Å²) in [6.07, 6.45) is 12.7. The zero-order valence-corrected chi connectivity index (χ0v) is 20.7. The van der Waals surface area contributed by atoms with Gasteiger partial charge in [-0.25, -0.2) is 0 Å². The number of carbonyl (C=O) groups is 1. The van der Waals surface area contributed by atoms with Crippen LogP contribution in [0.4, 0.5) is 11.4 Å². The highest BCUT2D eigenvalue weighted by atomic mass is 35.5. The number of nitrogens with one attached hydrogen (secondary N) is 1. The van der Waals surface area contributed by atoms with E-state index in [-0.39, 0.29) is 5.91 Å². The number of pyridine rings is 1. The maximum absolute atomic E-state index is 13.4. The minimum absolute atomic E-state index is 0.236. The number of amides is 1. The Morgan fingerprint density at radius 1 is 1.12 bits per heavy atom. The maximum Gasteiger partial charge on any atom is 0.256 e. The lowest BCUT2D eigenvalue weighted by Gasteiger charge is -2.33. The van der Waals surface area contributed by atoms with Crippen LogP contribution in [0.25, 0.3) is 16.7 Å². The summed E-state index contributed by atoms with van der Waals surface area (Å²) in [5, 5.41) is 3.56. The van der Waals surface area contributed by atoms with Gasteiger partial charge < -0.3 is 11.1 Å². The van der Waals surface area contributed by atoms with Crippen LogP contribution in [0, 0.1) is 5.41 Å². The molecule has 3 N–H and O–H groups in total. The number of nitrogens with two attached hydrogens (primary N) is 1. The molecule has 4 rings (SSSR count). The predicted molar refractivity (Wildman–Crippen MR) is 143 cm³/mol. The molecular formula is C29H32ClN3O. The van der Waals surface area contributed by atoms with Gasteiger partial charge in [0.25, 0.3) is 5.91 Å². The van der Waals surface area contributed by atoms with Gasteiger partial charge in [-0.1, -0.05) is 62.1 Å². The molecule has 1 aromatic heterocycles. The zero-order valence-electron chi connectivity index (χ0n) is 19.9. The summed E-state index contributed by atoms with van der Waals surface area (Å²) in [5.41, 5.74) is 12.1. The first-order valence-corrected chi connectivity index (χ1v) is 12.3. The summed E-state index contributed by atoms with van der Waals surface area (Å²) < 4.78 is 0. The number of anilines is 2. The topological polar surface area (TPSA) is 68.0 Å². The van der Waals surface area contributed by atoms with Gasteiger partial charge in [0.05, 0.1) is 10.7 Å². The number of nitrogen functional groups attached to an aromatic ring is 1. The second-order valence-corrected chi connectivity index (χ2v) is 9.97. The molecule has 2 aromatic carbocycles. The van der Waals surface area contributed by atoms with Crippen molar-refractivity contribution in [3.8, 4) is 11.1 Å². The molecule has 1 saturated carbocycles. The standard InChI is InChI=1S/C29H32ClN3O/c1-3-23(24-17-21(10-12-26(24)31)22-8-7-15-32-19-22)28(34)33-27-16-20(9-11-25(27)30)18-29(2)13-5-4-6-14-29/h3,7-12,15-17,19H,4-6,13-14,18,31H2,1-2H3,(H,33,34). The van der Waals surface area contributed by atoms with Crippen LogP contribution >= 0.6 is 11.6 Å². The fourth-order valence-electron chi connectivity index (χ4n) is 4.95. The van der Waals surface area contributed by atoms with Gasteiger partial charge in [-0.15, -0.1) is 0 Å². The minimum atomic E-state index is -0.236. The Hall–Kier alpha value is -3.11. The summed E-state index contributed by atoms with van der Waals surface area (Å²) >= 11 is 6.48. The van der Waals surface area contributed by atoms with Crippen LogP contribution in [0.2, 0.25) is 5.02 Å². The van der Waals surface area contributed by atoms with Crippen molar-refractivity contribution in [1.82, 2.24) is 4.98 Å². The second-order valence-electron chi connectivity index (χ2n) is 9.56. The van der Waals surface area contributed by atoms with Crippen LogP contribution in [-0.4, -0.2) is 10.9 Å². The van der Waals surface area contributed by atoms with Crippen LogP contribution in [0.15, 0.2) is 67.0 Å². The van der Waals surface area contributed by atoms with Crippen LogP contribution in [0.5, 0.6) is 0 Å². The Balaban J connectivity index is 1.57. The van der Waals surface area contributed by atoms with Crippen molar-refractivity contribution in [2.75, 3.05) is 11.1 Å². The Kier molecular flexibility index (Phi) is 7.38. The quantitative estimate of drug-likeness (QED) is 0.287. The van der Waals surface area contributed by atoms with E-state index in [2.05, 4.69) is 23.3 Å². The fourth-order valence-corrected chi connectivity index (χ4v) is 5.12. The van der Waals surface area contributed by atoms with Gasteiger partial charge in [0.2, 0.25) is 0 Å². The number of carbonyl (C=O) groups excluding carboxylic acids is 1. The third-order valence-electron chi connectivity index (χ3n) is 6.84. The van der Waals surface area contributed by atoms with Crippen LogP contribution in [-0.2, 0) is 11.2 Å². The van der Waals surface area contributed by atoms with Crippen molar-refractivity contribution >= 4 is 34.5 Å². The molecule has 0 atom stereocenters. The van der Waals surface area contributed by atoms with Crippen LogP contribution in [0.1, 0.15) is 57.1 Å². The van der Waals surface area contributed by atoms with Crippen molar-refractivity contribution < 1.29 is 4.79 Å². The Labute approximate surface area is 207 Å². The van der Waals surface area contributed by atoms with E-state index in [1.165, 1.54) is 37.7 Å². The molecular weight excluding hydrogens is 442 g/mol. The van der Waals surface area contributed by atoms with Gasteiger partial charge in [-0.05, 0) is 73.1 Å². The van der Waals surface area contributed by atoms with E-state index in [1.54, 1.807) is 18.5 Å². The van der Waals surface area contributed by atoms with Crippen molar-refractivity contribution in [3.05, 3.63) is 83.2 Å². The molecule has 5 heteroatoms. The van der Waals surface area contributed by atoms with Crippen LogP contribution < -0.4 is 11.1 Å². The number of aromatic nitrogens is 1. The first-order chi connectivity index (χ1) is 16.4. The first-order valence-electron chi connectivity index (χ1n) is 11.9. The average Bonchev–Trinajstić information content (AvgIpc) is 2.83. The van der Waals surface area contributed by atoms with Crippen LogP contribution in [0.3, 0.4) is 0 Å². The largest absolute Gasteiger partial charge is 0.398 e. The molecule has 1 aliphatic rings. The second kappa shape index (κ2) is 10.4. The van der Waals surface area contributed by atoms with Gasteiger partial charge >= 0.3 is 0 Å². The normalized spacial score (nSPS) is 15.7. The third-order valence-corrected chi connectivity index (χ3v) is 7.17. The molecule has 0 aliphatic heterocycles. The molecule has 0 saturated heterocycles. The van der Waals surface area contributed by atoms with Gasteiger partial charge in [0.15, 0.2) is 0 Å². The Morgan fingerprint density at radius 2 is 1.91 bits per heavy atom. The number of rotatable bonds is 6. The molecule has 0 radical (unpaired) electrons. The highest BCUT2D eigenvalue weighted by molar-refractivity contribution is 6.35.